The van der Waals surface area contributed by atoms with Crippen LogP contribution < -0.4 is 19.7 Å². The minimum atomic E-state index is -0.369. The molecule has 0 radical (unpaired) electrons. The van der Waals surface area contributed by atoms with Crippen LogP contribution in [0.1, 0.15) is 27.5 Å². The maximum atomic E-state index is 14.1. The van der Waals surface area contributed by atoms with Gasteiger partial charge in [-0.25, -0.2) is 4.68 Å². The van der Waals surface area contributed by atoms with Gasteiger partial charge in [0.05, 0.1) is 36.6 Å². The van der Waals surface area contributed by atoms with E-state index in [4.69, 9.17) is 14.6 Å². The van der Waals surface area contributed by atoms with Gasteiger partial charge in [-0.1, -0.05) is 48.5 Å². The molecule has 0 spiro atoms. The molecule has 0 saturated carbocycles. The monoisotopic (exact) mass is 619 g/mol. The lowest BCUT2D eigenvalue weighted by atomic mass is 9.98. The van der Waals surface area contributed by atoms with E-state index in [-0.39, 0.29) is 29.4 Å². The number of thioether (sulfide) groups is 1. The first-order valence-electron chi connectivity index (χ1n) is 14.5. The molecule has 0 bridgehead atoms. The normalized spacial score (nSPS) is 14.4. The van der Waals surface area contributed by atoms with E-state index < -0.39 is 0 Å². The summed E-state index contributed by atoms with van der Waals surface area (Å²) in [6, 6.07) is 27.2. The number of pyridine rings is 1. The van der Waals surface area contributed by atoms with Crippen molar-refractivity contribution in [3.63, 3.8) is 0 Å². The molecule has 45 heavy (non-hydrogen) atoms. The highest BCUT2D eigenvalue weighted by molar-refractivity contribution is 8.00. The van der Waals surface area contributed by atoms with Crippen LogP contribution >= 0.6 is 11.8 Å². The number of nitrogens with one attached hydrogen (secondary N) is 1. The molecule has 6 rings (SSSR count). The van der Waals surface area contributed by atoms with Gasteiger partial charge in [-0.3, -0.25) is 19.5 Å². The number of benzene rings is 3. The Bertz CT molecular complexity index is 1830. The highest BCUT2D eigenvalue weighted by Crippen LogP contribution is 2.51. The summed E-state index contributed by atoms with van der Waals surface area (Å²) in [6.45, 7) is 2.13. The molecule has 0 saturated heterocycles. The molecule has 5 aromatic rings. The number of aromatic nitrogens is 3. The topological polar surface area (TPSA) is 98.6 Å². The van der Waals surface area contributed by atoms with Crippen molar-refractivity contribution in [3.8, 4) is 28.4 Å². The minimum Gasteiger partial charge on any atom is -0.497 e. The van der Waals surface area contributed by atoms with E-state index in [2.05, 4.69) is 10.3 Å². The maximum Gasteiger partial charge on any atom is 0.240 e. The molecular formula is C35H33N5O4S. The van der Waals surface area contributed by atoms with Gasteiger partial charge >= 0.3 is 0 Å². The molecule has 1 atom stereocenters. The van der Waals surface area contributed by atoms with Crippen LogP contribution in [-0.2, 0) is 16.1 Å². The fourth-order valence-corrected chi connectivity index (χ4v) is 6.67. The van der Waals surface area contributed by atoms with Crippen molar-refractivity contribution in [2.24, 2.45) is 0 Å². The molecule has 1 aliphatic heterocycles. The molecule has 10 heteroatoms. The highest BCUT2D eigenvalue weighted by Gasteiger charge is 2.38. The first kappa shape index (κ1) is 30.0. The van der Waals surface area contributed by atoms with E-state index in [0.717, 1.165) is 33.5 Å². The van der Waals surface area contributed by atoms with Gasteiger partial charge in [-0.2, -0.15) is 5.10 Å². The SMILES string of the molecule is COc1ccc(OC)c([C@@H]2SCC(=O)N(CC(=O)NCc3cccnc3)c3c2c(-c2ccccc2)nn3-c2cccc(C)c2)c1. The first-order chi connectivity index (χ1) is 22.0. The lowest BCUT2D eigenvalue weighted by Crippen LogP contribution is -2.42. The molecular weight excluding hydrogens is 586 g/mol. The molecule has 3 aromatic carbocycles. The minimum absolute atomic E-state index is 0.137. The molecule has 3 heterocycles. The van der Waals surface area contributed by atoms with Crippen LogP contribution in [0.25, 0.3) is 16.9 Å². The van der Waals surface area contributed by atoms with Gasteiger partial charge in [0.1, 0.15) is 23.9 Å². The van der Waals surface area contributed by atoms with E-state index >= 15 is 0 Å². The summed E-state index contributed by atoms with van der Waals surface area (Å²) in [6.07, 6.45) is 3.39. The quantitative estimate of drug-likeness (QED) is 0.225. The number of carbonyl (C=O) groups excluding carboxylic acids is 2. The molecule has 228 valence electrons. The zero-order valence-electron chi connectivity index (χ0n) is 25.3. The summed E-state index contributed by atoms with van der Waals surface area (Å²) in [4.78, 5) is 33.2. The smallest absolute Gasteiger partial charge is 0.240 e. The summed E-state index contributed by atoms with van der Waals surface area (Å²) >= 11 is 1.48. The molecule has 2 aromatic heterocycles. The number of aryl methyl sites for hydroxylation is 1. The van der Waals surface area contributed by atoms with Gasteiger partial charge in [0.15, 0.2) is 0 Å². The third-order valence-electron chi connectivity index (χ3n) is 7.62. The summed E-state index contributed by atoms with van der Waals surface area (Å²) in [5, 5.41) is 7.76. The number of fused-ring (bicyclic) bond motifs is 1. The fourth-order valence-electron chi connectivity index (χ4n) is 5.46. The van der Waals surface area contributed by atoms with Crippen LogP contribution in [0.5, 0.6) is 11.5 Å². The van der Waals surface area contributed by atoms with Gasteiger partial charge in [-0.05, 0) is 54.4 Å². The predicted molar refractivity (Wildman–Crippen MR) is 176 cm³/mol. The lowest BCUT2D eigenvalue weighted by molar-refractivity contribution is -0.123. The number of ether oxygens (including phenoxy) is 2. The summed E-state index contributed by atoms with van der Waals surface area (Å²) < 4.78 is 13.2. The van der Waals surface area contributed by atoms with Crippen LogP contribution in [0.4, 0.5) is 5.82 Å². The van der Waals surface area contributed by atoms with Gasteiger partial charge in [0, 0.05) is 35.6 Å². The molecule has 0 unspecified atom stereocenters. The van der Waals surface area contributed by atoms with Crippen LogP contribution in [-0.4, -0.2) is 53.1 Å². The number of nitrogens with zero attached hydrogens (tertiary/aromatic N) is 4. The average Bonchev–Trinajstić information content (AvgIpc) is 3.41. The Kier molecular flexibility index (Phi) is 8.84. The third-order valence-corrected chi connectivity index (χ3v) is 8.85. The van der Waals surface area contributed by atoms with Crippen molar-refractivity contribution < 1.29 is 19.1 Å². The Hall–Kier alpha value is -5.09. The molecule has 1 N–H and O–H groups in total. The standard InChI is InChI=1S/C35H33N5O4S/c1-23-9-7-13-26(17-23)40-35-32(33(38-40)25-11-5-4-6-12-25)34(28-18-27(43-2)14-15-29(28)44-3)45-22-31(42)39(35)21-30(41)37-20-24-10-8-16-36-19-24/h4-19,34H,20-22H2,1-3H3,(H,37,41)/t34-/m0/s1. The molecule has 1 aliphatic rings. The number of rotatable bonds is 9. The third kappa shape index (κ3) is 6.28. The van der Waals surface area contributed by atoms with Crippen molar-refractivity contribution in [2.45, 2.75) is 18.7 Å². The summed E-state index contributed by atoms with van der Waals surface area (Å²) in [5.74, 6) is 1.52. The van der Waals surface area contributed by atoms with Gasteiger partial charge in [0.25, 0.3) is 0 Å². The lowest BCUT2D eigenvalue weighted by Gasteiger charge is -2.24. The van der Waals surface area contributed by atoms with E-state index in [1.54, 1.807) is 36.2 Å². The second-order valence-electron chi connectivity index (χ2n) is 10.6. The number of hydrogen-bond acceptors (Lipinski definition) is 7. The molecule has 2 amide bonds. The fraction of sp³-hybridized carbons (Fsp3) is 0.200. The Morgan fingerprint density at radius 1 is 1.00 bits per heavy atom. The van der Waals surface area contributed by atoms with Crippen molar-refractivity contribution in [1.29, 1.82) is 0 Å². The molecule has 0 aliphatic carbocycles. The van der Waals surface area contributed by atoms with Crippen molar-refractivity contribution in [1.82, 2.24) is 20.1 Å². The zero-order chi connectivity index (χ0) is 31.3. The van der Waals surface area contributed by atoms with Gasteiger partial charge in [-0.15, -0.1) is 11.8 Å². The number of methoxy groups -OCH3 is 2. The van der Waals surface area contributed by atoms with Crippen LogP contribution in [0, 0.1) is 6.92 Å². The number of amides is 2. The van der Waals surface area contributed by atoms with Crippen molar-refractivity contribution >= 4 is 29.4 Å². The molecule has 9 nitrogen and oxygen atoms in total. The Labute approximate surface area is 266 Å². The Morgan fingerprint density at radius 3 is 2.58 bits per heavy atom. The molecule has 0 fully saturated rings. The van der Waals surface area contributed by atoms with Crippen LogP contribution in [0.15, 0.2) is 97.3 Å². The predicted octanol–water partition coefficient (Wildman–Crippen LogP) is 5.75. The van der Waals surface area contributed by atoms with Crippen molar-refractivity contribution in [2.75, 3.05) is 31.4 Å². The summed E-state index contributed by atoms with van der Waals surface area (Å²) in [7, 11) is 3.25. The van der Waals surface area contributed by atoms with E-state index in [0.29, 0.717) is 29.6 Å². The van der Waals surface area contributed by atoms with Gasteiger partial charge in [0.2, 0.25) is 11.8 Å². The second-order valence-corrected chi connectivity index (χ2v) is 11.7. The Morgan fingerprint density at radius 2 is 1.84 bits per heavy atom. The average molecular weight is 620 g/mol. The zero-order valence-corrected chi connectivity index (χ0v) is 26.1. The first-order valence-corrected chi connectivity index (χ1v) is 15.6. The van der Waals surface area contributed by atoms with E-state index in [1.807, 2.05) is 91.9 Å². The van der Waals surface area contributed by atoms with Crippen LogP contribution in [0.2, 0.25) is 0 Å². The highest BCUT2D eigenvalue weighted by atomic mass is 32.2. The van der Waals surface area contributed by atoms with Crippen molar-refractivity contribution in [3.05, 3.63) is 120 Å². The number of anilines is 1. The number of hydrogen-bond donors (Lipinski definition) is 1. The Balaban J connectivity index is 1.56. The number of carbonyl (C=O) groups is 2. The van der Waals surface area contributed by atoms with Crippen LogP contribution in [0.3, 0.4) is 0 Å². The van der Waals surface area contributed by atoms with E-state index in [1.165, 1.54) is 11.8 Å². The maximum absolute atomic E-state index is 14.1. The van der Waals surface area contributed by atoms with E-state index in [9.17, 15) is 9.59 Å². The largest absolute Gasteiger partial charge is 0.497 e. The second kappa shape index (κ2) is 13.3. The van der Waals surface area contributed by atoms with Gasteiger partial charge < -0.3 is 14.8 Å². The summed E-state index contributed by atoms with van der Waals surface area (Å²) in [5.41, 5.74) is 5.95.